The zero-order valence-corrected chi connectivity index (χ0v) is 17.2. The quantitative estimate of drug-likeness (QED) is 0.488. The fraction of sp³-hybridized carbons (Fsp3) is 0.263. The molecular weight excluding hydrogens is 432 g/mol. The predicted molar refractivity (Wildman–Crippen MR) is 104 cm³/mol. The van der Waals surface area contributed by atoms with E-state index >= 15 is 0 Å². The molecule has 0 bridgehead atoms. The fourth-order valence-electron chi connectivity index (χ4n) is 2.57. The molecule has 3 aromatic rings. The first-order chi connectivity index (χ1) is 13.1. The number of aromatic nitrogens is 2. The van der Waals surface area contributed by atoms with Crippen molar-refractivity contribution in [3.63, 3.8) is 0 Å². The van der Waals surface area contributed by atoms with Crippen LogP contribution in [0.3, 0.4) is 0 Å². The largest absolute Gasteiger partial charge is 0.484 e. The van der Waals surface area contributed by atoms with Gasteiger partial charge in [-0.3, -0.25) is 0 Å². The Balaban J connectivity index is 1.36. The molecule has 0 aliphatic carbocycles. The van der Waals surface area contributed by atoms with Gasteiger partial charge in [-0.25, -0.2) is 0 Å². The molecule has 0 saturated carbocycles. The fourth-order valence-corrected chi connectivity index (χ4v) is 3.99. The van der Waals surface area contributed by atoms with Crippen LogP contribution in [0, 0.1) is 13.8 Å². The number of ether oxygens (including phenoxy) is 3. The van der Waals surface area contributed by atoms with E-state index in [0.29, 0.717) is 16.9 Å². The summed E-state index contributed by atoms with van der Waals surface area (Å²) >= 11 is 5.02. The van der Waals surface area contributed by atoms with Crippen LogP contribution in [0.2, 0.25) is 0 Å². The molecule has 8 heteroatoms. The second-order valence-corrected chi connectivity index (χ2v) is 7.89. The third-order valence-electron chi connectivity index (χ3n) is 4.04. The van der Waals surface area contributed by atoms with E-state index in [4.69, 9.17) is 18.6 Å². The topological polar surface area (TPSA) is 66.6 Å². The van der Waals surface area contributed by atoms with E-state index < -0.39 is 0 Å². The molecule has 2 aromatic carbocycles. The molecule has 0 radical (unpaired) electrons. The number of hydrogen-bond donors (Lipinski definition) is 0. The number of thioether (sulfide) groups is 1. The van der Waals surface area contributed by atoms with E-state index in [1.807, 2.05) is 38.1 Å². The van der Waals surface area contributed by atoms with Crippen molar-refractivity contribution in [1.29, 1.82) is 0 Å². The maximum Gasteiger partial charge on any atom is 0.277 e. The lowest BCUT2D eigenvalue weighted by Crippen LogP contribution is -1.97. The molecule has 0 N–H and O–H groups in total. The first-order valence-corrected chi connectivity index (χ1v) is 10.1. The van der Waals surface area contributed by atoms with Gasteiger partial charge in [-0.05, 0) is 48.7 Å². The summed E-state index contributed by atoms with van der Waals surface area (Å²) in [5.41, 5.74) is 3.28. The van der Waals surface area contributed by atoms with E-state index in [0.717, 1.165) is 38.4 Å². The molecule has 0 atom stereocenters. The first kappa shape index (κ1) is 18.2. The number of benzene rings is 2. The Kier molecular flexibility index (Phi) is 5.27. The van der Waals surface area contributed by atoms with Crippen molar-refractivity contribution in [2.24, 2.45) is 0 Å². The van der Waals surface area contributed by atoms with Crippen LogP contribution in [0.5, 0.6) is 17.2 Å². The zero-order valence-electron chi connectivity index (χ0n) is 14.8. The summed E-state index contributed by atoms with van der Waals surface area (Å²) in [6.45, 7) is 4.53. The van der Waals surface area contributed by atoms with Crippen LogP contribution < -0.4 is 14.2 Å². The second-order valence-electron chi connectivity index (χ2n) is 6.10. The molecule has 1 aromatic heterocycles. The minimum absolute atomic E-state index is 0.242. The molecule has 0 fully saturated rings. The zero-order chi connectivity index (χ0) is 18.8. The van der Waals surface area contributed by atoms with Crippen molar-refractivity contribution >= 4 is 27.7 Å². The van der Waals surface area contributed by atoms with Crippen molar-refractivity contribution in [2.75, 3.05) is 6.79 Å². The summed E-state index contributed by atoms with van der Waals surface area (Å²) in [6, 6.07) is 9.95. The van der Waals surface area contributed by atoms with Crippen LogP contribution in [0.1, 0.15) is 22.6 Å². The molecular formula is C19H17BrN2O4S. The minimum Gasteiger partial charge on any atom is -0.484 e. The molecule has 1 aliphatic heterocycles. The average molecular weight is 449 g/mol. The van der Waals surface area contributed by atoms with Crippen LogP contribution in [-0.4, -0.2) is 17.0 Å². The van der Waals surface area contributed by atoms with Crippen molar-refractivity contribution in [3.8, 4) is 17.2 Å². The highest BCUT2D eigenvalue weighted by molar-refractivity contribution is 9.10. The second kappa shape index (κ2) is 7.82. The van der Waals surface area contributed by atoms with Gasteiger partial charge in [0.1, 0.15) is 5.75 Å². The summed E-state index contributed by atoms with van der Waals surface area (Å²) in [5.74, 6) is 3.44. The first-order valence-electron chi connectivity index (χ1n) is 8.32. The summed E-state index contributed by atoms with van der Waals surface area (Å²) < 4.78 is 23.2. The van der Waals surface area contributed by atoms with Crippen molar-refractivity contribution in [2.45, 2.75) is 31.4 Å². The number of nitrogens with zero attached hydrogens (tertiary/aromatic N) is 2. The monoisotopic (exact) mass is 448 g/mol. The average Bonchev–Trinajstić information content (AvgIpc) is 3.29. The maximum atomic E-state index is 5.81. The van der Waals surface area contributed by atoms with Crippen molar-refractivity contribution in [1.82, 2.24) is 10.2 Å². The number of halogens is 1. The maximum absolute atomic E-state index is 5.81. The van der Waals surface area contributed by atoms with Gasteiger partial charge in [-0.2, -0.15) is 0 Å². The van der Waals surface area contributed by atoms with Crippen LogP contribution in [0.15, 0.2) is 44.4 Å². The van der Waals surface area contributed by atoms with Gasteiger partial charge in [0.25, 0.3) is 11.1 Å². The van der Waals surface area contributed by atoms with Crippen LogP contribution in [0.25, 0.3) is 0 Å². The molecule has 4 rings (SSSR count). The molecule has 6 nitrogen and oxygen atoms in total. The van der Waals surface area contributed by atoms with Gasteiger partial charge in [-0.15, -0.1) is 10.2 Å². The third kappa shape index (κ3) is 4.22. The number of aryl methyl sites for hydroxylation is 2. The number of rotatable bonds is 6. The van der Waals surface area contributed by atoms with Crippen molar-refractivity contribution in [3.05, 3.63) is 57.4 Å². The lowest BCUT2D eigenvalue weighted by molar-refractivity contribution is 0.174. The number of hydrogen-bond acceptors (Lipinski definition) is 7. The molecule has 27 heavy (non-hydrogen) atoms. The Morgan fingerprint density at radius 3 is 2.78 bits per heavy atom. The Bertz CT molecular complexity index is 976. The highest BCUT2D eigenvalue weighted by Crippen LogP contribution is 2.38. The van der Waals surface area contributed by atoms with Gasteiger partial charge in [0.15, 0.2) is 18.1 Å². The smallest absolute Gasteiger partial charge is 0.277 e. The summed E-state index contributed by atoms with van der Waals surface area (Å²) in [5, 5.41) is 8.64. The van der Waals surface area contributed by atoms with Crippen LogP contribution in [-0.2, 0) is 12.4 Å². The Morgan fingerprint density at radius 1 is 1.11 bits per heavy atom. The van der Waals surface area contributed by atoms with Gasteiger partial charge >= 0.3 is 0 Å². The lowest BCUT2D eigenvalue weighted by atomic mass is 10.1. The lowest BCUT2D eigenvalue weighted by Gasteiger charge is -2.07. The molecule has 0 spiro atoms. The predicted octanol–water partition coefficient (Wildman–Crippen LogP) is 5.05. The Hall–Kier alpha value is -2.19. The normalized spacial score (nSPS) is 12.4. The summed E-state index contributed by atoms with van der Waals surface area (Å²) in [4.78, 5) is 0. The summed E-state index contributed by atoms with van der Waals surface area (Å²) in [7, 11) is 0. The molecule has 1 aliphatic rings. The van der Waals surface area contributed by atoms with Crippen LogP contribution >= 0.6 is 27.7 Å². The standard InChI is InChI=1S/C19H17BrN2O4S/c1-11-3-4-12(2)15(5-11)23-8-18-21-22-19(26-18)27-9-13-6-16-17(7-14(13)20)25-10-24-16/h3-7H,8-10H2,1-2H3. The van der Waals surface area contributed by atoms with Gasteiger partial charge in [-0.1, -0.05) is 39.8 Å². The van der Waals surface area contributed by atoms with Gasteiger partial charge in [0, 0.05) is 10.2 Å². The highest BCUT2D eigenvalue weighted by Gasteiger charge is 2.17. The van der Waals surface area contributed by atoms with Crippen LogP contribution in [0.4, 0.5) is 0 Å². The molecule has 0 saturated heterocycles. The number of fused-ring (bicyclic) bond motifs is 1. The molecule has 140 valence electrons. The van der Waals surface area contributed by atoms with Gasteiger partial charge < -0.3 is 18.6 Å². The van der Waals surface area contributed by atoms with E-state index in [1.54, 1.807) is 0 Å². The van der Waals surface area contributed by atoms with Gasteiger partial charge in [0.05, 0.1) is 0 Å². The van der Waals surface area contributed by atoms with E-state index in [9.17, 15) is 0 Å². The van der Waals surface area contributed by atoms with E-state index in [2.05, 4.69) is 32.2 Å². The summed E-state index contributed by atoms with van der Waals surface area (Å²) in [6.07, 6.45) is 0. The Morgan fingerprint density at radius 2 is 1.93 bits per heavy atom. The van der Waals surface area contributed by atoms with E-state index in [-0.39, 0.29) is 13.4 Å². The Labute approximate surface area is 169 Å². The molecule has 0 unspecified atom stereocenters. The molecule has 0 amide bonds. The third-order valence-corrected chi connectivity index (χ3v) is 5.64. The SMILES string of the molecule is Cc1ccc(C)c(OCc2nnc(SCc3cc4c(cc3Br)OCO4)o2)c1. The van der Waals surface area contributed by atoms with Gasteiger partial charge in [0.2, 0.25) is 6.79 Å². The highest BCUT2D eigenvalue weighted by atomic mass is 79.9. The molecule has 2 heterocycles. The minimum atomic E-state index is 0.242. The van der Waals surface area contributed by atoms with E-state index in [1.165, 1.54) is 11.8 Å². The van der Waals surface area contributed by atoms with Crippen molar-refractivity contribution < 1.29 is 18.6 Å².